The summed E-state index contributed by atoms with van der Waals surface area (Å²) in [5.41, 5.74) is 34.0. The number of nitrogens with zero attached hydrogens (tertiary/aromatic N) is 7. The van der Waals surface area contributed by atoms with E-state index < -0.39 is 0 Å². The number of para-hydroxylation sites is 9. The molecule has 3 aromatic heterocycles. The first-order valence-corrected chi connectivity index (χ1v) is 33.2. The molecule has 0 N–H and O–H groups in total. The fraction of sp³-hybridized carbons (Fsp3) is 0.0714. The molecule has 0 amide bonds. The molecule has 93 heavy (non-hydrogen) atoms. The van der Waals surface area contributed by atoms with Crippen LogP contribution in [-0.4, -0.2) is 40.2 Å². The Labute approximate surface area is 538 Å². The molecule has 0 aliphatic carbocycles. The van der Waals surface area contributed by atoms with Crippen molar-refractivity contribution in [1.29, 1.82) is 0 Å². The minimum absolute atomic E-state index is 0.0766. The van der Waals surface area contributed by atoms with E-state index in [1.54, 1.807) is 0 Å². The third-order valence-electron chi connectivity index (χ3n) is 21.9. The predicted molar refractivity (Wildman–Crippen MR) is 392 cm³/mol. The van der Waals surface area contributed by atoms with Crippen molar-refractivity contribution < 1.29 is 0 Å². The normalized spacial score (nSPS) is 14.7. The van der Waals surface area contributed by atoms with Crippen LogP contribution >= 0.6 is 0 Å². The van der Waals surface area contributed by atoms with Crippen LogP contribution in [0.2, 0.25) is 0 Å². The van der Waals surface area contributed by atoms with Gasteiger partial charge in [0, 0.05) is 130 Å². The van der Waals surface area contributed by atoms with E-state index in [9.17, 15) is 0 Å². The highest BCUT2D eigenvalue weighted by Crippen LogP contribution is 2.50. The average Bonchev–Trinajstić information content (AvgIpc) is 1.65. The highest BCUT2D eigenvalue weighted by molar-refractivity contribution is 7.01. The standard InChI is InChI=1S/C84H57B2N7/c1-4-26-54(27-5-1)89-73-50-75-67(85-65-36-18-34-61-59-32-12-16-40-71(59)92(83(61)65)79-46-57(87-42-20-24-52-22-10-14-38-69(52)87)44-77(81(79)85)90(75)55-28-6-2-7-29-55)48-63(73)64-49-68-76(51-74(64)89)91(56-30-8-3-9-31-56)78-45-58(88-43-21-25-53-23-11-15-39-70(53)88)47-80-82(78)86(68)66-37-19-35-62-60-33-13-17-41-72(60)93(80)84(62)66/h1-19,22-23,26-41,44-51H,20-21,24-25,42-43H2. The Kier molecular flexibility index (Phi) is 10.1. The van der Waals surface area contributed by atoms with Crippen LogP contribution in [0.3, 0.4) is 0 Å². The van der Waals surface area contributed by atoms with Crippen LogP contribution in [0.25, 0.3) is 82.5 Å². The van der Waals surface area contributed by atoms with Gasteiger partial charge >= 0.3 is 0 Å². The number of fused-ring (bicyclic) bond motifs is 19. The Balaban J connectivity index is 0.868. The number of aryl methyl sites for hydroxylation is 2. The van der Waals surface area contributed by atoms with Gasteiger partial charge in [0.2, 0.25) is 0 Å². The molecule has 9 heterocycles. The number of benzene rings is 13. The molecule has 434 valence electrons. The lowest BCUT2D eigenvalue weighted by molar-refractivity contribution is 0.767. The Bertz CT molecular complexity index is 5600. The monoisotopic (exact) mass is 1190 g/mol. The SMILES string of the molecule is c1ccc(N2c3cc4c(cc3B3c5c2cc(N2CCCc6ccccc62)cc5-n2c5ccccc5c5cccc3c52)c2cc3c(cc2n4-c2ccccc2)N(c2ccccc2)c2cc(N4CCCc5ccccc54)cc4c2B3c2cccc3c5ccccc5n-4c23)cc1. The molecule has 7 nitrogen and oxygen atoms in total. The van der Waals surface area contributed by atoms with Crippen molar-refractivity contribution in [2.24, 2.45) is 0 Å². The zero-order valence-corrected chi connectivity index (χ0v) is 51.0. The lowest BCUT2D eigenvalue weighted by Crippen LogP contribution is -2.60. The summed E-state index contributed by atoms with van der Waals surface area (Å²) in [7, 11) is 0. The summed E-state index contributed by atoms with van der Waals surface area (Å²) in [6.07, 6.45) is 4.34. The van der Waals surface area contributed by atoms with Crippen molar-refractivity contribution in [3.63, 3.8) is 0 Å². The molecule has 6 aliphatic heterocycles. The second-order valence-electron chi connectivity index (χ2n) is 26.5. The van der Waals surface area contributed by atoms with Gasteiger partial charge in [0.25, 0.3) is 13.4 Å². The number of hydrogen-bond acceptors (Lipinski definition) is 4. The van der Waals surface area contributed by atoms with Crippen molar-refractivity contribution in [2.75, 3.05) is 32.7 Å². The van der Waals surface area contributed by atoms with Crippen molar-refractivity contribution in [3.8, 4) is 17.1 Å². The first kappa shape index (κ1) is 50.3. The molecular weight excluding hydrogens is 1130 g/mol. The van der Waals surface area contributed by atoms with Crippen LogP contribution in [-0.2, 0) is 12.8 Å². The summed E-state index contributed by atoms with van der Waals surface area (Å²) >= 11 is 0. The topological polar surface area (TPSA) is 27.8 Å². The van der Waals surface area contributed by atoms with E-state index in [0.29, 0.717) is 0 Å². The number of aromatic nitrogens is 3. The van der Waals surface area contributed by atoms with Gasteiger partial charge in [0.1, 0.15) is 0 Å². The summed E-state index contributed by atoms with van der Waals surface area (Å²) in [5.74, 6) is 0. The van der Waals surface area contributed by atoms with Crippen molar-refractivity contribution >= 4 is 168 Å². The molecule has 13 aromatic carbocycles. The quantitative estimate of drug-likeness (QED) is 0.161. The van der Waals surface area contributed by atoms with E-state index in [1.807, 2.05) is 0 Å². The van der Waals surface area contributed by atoms with Gasteiger partial charge in [-0.1, -0.05) is 176 Å². The van der Waals surface area contributed by atoms with Gasteiger partial charge in [0.05, 0.1) is 22.1 Å². The minimum atomic E-state index is -0.0766. The van der Waals surface area contributed by atoms with Crippen molar-refractivity contribution in [1.82, 2.24) is 13.7 Å². The largest absolute Gasteiger partial charge is 0.341 e. The third kappa shape index (κ3) is 6.70. The summed E-state index contributed by atoms with van der Waals surface area (Å²) in [6, 6.07) is 105. The van der Waals surface area contributed by atoms with Crippen LogP contribution < -0.4 is 52.4 Å². The molecule has 0 saturated carbocycles. The fourth-order valence-corrected chi connectivity index (χ4v) is 18.3. The Hall–Kier alpha value is -11.4. The second kappa shape index (κ2) is 18.6. The van der Waals surface area contributed by atoms with Crippen LogP contribution in [0.1, 0.15) is 24.0 Å². The second-order valence-corrected chi connectivity index (χ2v) is 26.5. The Morgan fingerprint density at radius 2 is 0.645 bits per heavy atom. The maximum Gasteiger partial charge on any atom is 0.252 e. The zero-order chi connectivity index (χ0) is 60.3. The van der Waals surface area contributed by atoms with Gasteiger partial charge in [-0.05, 0) is 167 Å². The van der Waals surface area contributed by atoms with Crippen molar-refractivity contribution in [3.05, 3.63) is 284 Å². The minimum Gasteiger partial charge on any atom is -0.341 e. The highest BCUT2D eigenvalue weighted by Gasteiger charge is 2.46. The van der Waals surface area contributed by atoms with Gasteiger partial charge in [-0.25, -0.2) is 0 Å². The molecule has 9 heteroatoms. The van der Waals surface area contributed by atoms with E-state index in [0.717, 1.165) is 55.8 Å². The number of rotatable bonds is 5. The third-order valence-corrected chi connectivity index (χ3v) is 21.9. The van der Waals surface area contributed by atoms with Crippen molar-refractivity contribution in [2.45, 2.75) is 25.7 Å². The van der Waals surface area contributed by atoms with E-state index in [2.05, 4.69) is 306 Å². The number of hydrogen-bond donors (Lipinski definition) is 0. The lowest BCUT2D eigenvalue weighted by Gasteiger charge is -2.42. The Morgan fingerprint density at radius 3 is 1.12 bits per heavy atom. The molecule has 0 unspecified atom stereocenters. The molecule has 0 bridgehead atoms. The molecule has 6 aliphatic rings. The van der Waals surface area contributed by atoms with E-state index in [-0.39, 0.29) is 13.4 Å². The number of anilines is 10. The fourth-order valence-electron chi connectivity index (χ4n) is 18.3. The summed E-state index contributed by atoms with van der Waals surface area (Å²) in [4.78, 5) is 10.4. The maximum absolute atomic E-state index is 2.64. The van der Waals surface area contributed by atoms with Crippen LogP contribution in [0.15, 0.2) is 273 Å². The summed E-state index contributed by atoms with van der Waals surface area (Å²) < 4.78 is 7.83. The lowest BCUT2D eigenvalue weighted by atomic mass is 9.33. The predicted octanol–water partition coefficient (Wildman–Crippen LogP) is 16.4. The van der Waals surface area contributed by atoms with Gasteiger partial charge in [-0.3, -0.25) is 0 Å². The van der Waals surface area contributed by atoms with E-state index >= 15 is 0 Å². The van der Waals surface area contributed by atoms with Crippen LogP contribution in [0, 0.1) is 0 Å². The van der Waals surface area contributed by atoms with Crippen LogP contribution in [0.4, 0.5) is 56.9 Å². The molecule has 0 radical (unpaired) electrons. The first-order valence-electron chi connectivity index (χ1n) is 33.2. The summed E-state index contributed by atoms with van der Waals surface area (Å²) in [6.45, 7) is 1.74. The van der Waals surface area contributed by atoms with Gasteiger partial charge < -0.3 is 33.3 Å². The van der Waals surface area contributed by atoms with Gasteiger partial charge in [-0.2, -0.15) is 0 Å². The van der Waals surface area contributed by atoms with Gasteiger partial charge in [-0.15, -0.1) is 0 Å². The molecule has 0 spiro atoms. The summed E-state index contributed by atoms with van der Waals surface area (Å²) in [5, 5.41) is 7.63. The molecule has 22 rings (SSSR count). The first-order chi connectivity index (χ1) is 46.2. The van der Waals surface area contributed by atoms with Crippen LogP contribution in [0.5, 0.6) is 0 Å². The Morgan fingerprint density at radius 1 is 0.247 bits per heavy atom. The van der Waals surface area contributed by atoms with E-state index in [1.165, 1.54) is 166 Å². The van der Waals surface area contributed by atoms with Gasteiger partial charge in [0.15, 0.2) is 0 Å². The molecular formula is C84H57B2N7. The van der Waals surface area contributed by atoms with E-state index in [4.69, 9.17) is 0 Å². The highest BCUT2D eigenvalue weighted by atomic mass is 15.2. The maximum atomic E-state index is 2.64. The average molecular weight is 1190 g/mol. The molecule has 16 aromatic rings. The molecule has 0 saturated heterocycles. The molecule has 0 atom stereocenters. The smallest absolute Gasteiger partial charge is 0.252 e. The zero-order valence-electron chi connectivity index (χ0n) is 51.0. The molecule has 0 fully saturated rings.